The van der Waals surface area contributed by atoms with Crippen molar-refractivity contribution in [3.8, 4) is 0 Å². The molecule has 0 saturated carbocycles. The molecule has 0 radical (unpaired) electrons. The highest BCUT2D eigenvalue weighted by Gasteiger charge is 2.36. The van der Waals surface area contributed by atoms with E-state index in [2.05, 4.69) is 13.8 Å². The van der Waals surface area contributed by atoms with Crippen LogP contribution in [0.1, 0.15) is 24.2 Å². The summed E-state index contributed by atoms with van der Waals surface area (Å²) in [7, 11) is -0.554. The van der Waals surface area contributed by atoms with Gasteiger partial charge in [-0.05, 0) is 23.7 Å². The number of halogens is 1. The average molecular weight is 338 g/mol. The Morgan fingerprint density at radius 2 is 1.87 bits per heavy atom. The number of benzene rings is 1. The van der Waals surface area contributed by atoms with E-state index in [0.29, 0.717) is 55.6 Å². The van der Waals surface area contributed by atoms with Crippen LogP contribution in [0.2, 0.25) is 5.02 Å². The molecule has 2 heterocycles. The number of morpholine rings is 1. The Kier molecular flexibility index (Phi) is 4.97. The summed E-state index contributed by atoms with van der Waals surface area (Å²) in [5.41, 5.74) is 1.26. The van der Waals surface area contributed by atoms with Crippen molar-refractivity contribution in [2.24, 2.45) is 5.41 Å². The van der Waals surface area contributed by atoms with Crippen LogP contribution in [0.15, 0.2) is 18.2 Å². The lowest BCUT2D eigenvalue weighted by molar-refractivity contribution is 0.0294. The van der Waals surface area contributed by atoms with Gasteiger partial charge in [0.1, 0.15) is 0 Å². The summed E-state index contributed by atoms with van der Waals surface area (Å²) >= 11 is 6.13. The highest BCUT2D eigenvalue weighted by molar-refractivity contribution is 6.63. The molecule has 0 bridgehead atoms. The Bertz CT molecular complexity index is 579. The highest BCUT2D eigenvalue weighted by atomic mass is 35.5. The molecule has 1 amide bonds. The Labute approximate surface area is 142 Å². The quantitative estimate of drug-likeness (QED) is 0.769. The normalized spacial score (nSPS) is 21.3. The van der Waals surface area contributed by atoms with Gasteiger partial charge >= 0.3 is 7.12 Å². The average Bonchev–Trinajstić information content (AvgIpc) is 2.55. The molecule has 1 aromatic rings. The second-order valence-electron chi connectivity index (χ2n) is 6.75. The lowest BCUT2D eigenvalue weighted by Gasteiger charge is -2.34. The fraction of sp³-hybridized carbons (Fsp3) is 0.562. The maximum Gasteiger partial charge on any atom is 0.494 e. The Hall–Kier alpha value is -1.08. The van der Waals surface area contributed by atoms with E-state index in [-0.39, 0.29) is 11.3 Å². The summed E-state index contributed by atoms with van der Waals surface area (Å²) < 4.78 is 17.0. The molecular weight excluding hydrogens is 316 g/mol. The molecule has 124 valence electrons. The van der Waals surface area contributed by atoms with E-state index in [4.69, 9.17) is 25.6 Å². The van der Waals surface area contributed by atoms with E-state index < -0.39 is 7.12 Å². The van der Waals surface area contributed by atoms with Gasteiger partial charge in [0.15, 0.2) is 0 Å². The summed E-state index contributed by atoms with van der Waals surface area (Å²) in [6.45, 7) is 7.66. The van der Waals surface area contributed by atoms with Crippen LogP contribution in [0.25, 0.3) is 0 Å². The lowest BCUT2D eigenvalue weighted by Crippen LogP contribution is -2.50. The lowest BCUT2D eigenvalue weighted by atomic mass is 9.73. The van der Waals surface area contributed by atoms with Crippen LogP contribution in [0.3, 0.4) is 0 Å². The molecule has 0 aliphatic carbocycles. The third kappa shape index (κ3) is 3.88. The predicted molar refractivity (Wildman–Crippen MR) is 89.2 cm³/mol. The number of carbonyl (C=O) groups excluding carboxylic acids is 1. The molecule has 23 heavy (non-hydrogen) atoms. The van der Waals surface area contributed by atoms with Crippen LogP contribution in [-0.2, 0) is 14.0 Å². The molecule has 0 atom stereocenters. The van der Waals surface area contributed by atoms with Gasteiger partial charge in [0, 0.05) is 42.3 Å². The monoisotopic (exact) mass is 337 g/mol. The topological polar surface area (TPSA) is 48.0 Å². The van der Waals surface area contributed by atoms with E-state index in [0.717, 1.165) is 0 Å². The number of ether oxygens (including phenoxy) is 1. The minimum absolute atomic E-state index is 0.0243. The van der Waals surface area contributed by atoms with Gasteiger partial charge in [-0.2, -0.15) is 0 Å². The van der Waals surface area contributed by atoms with Crippen molar-refractivity contribution in [2.45, 2.75) is 13.8 Å². The first-order chi connectivity index (χ1) is 11.0. The minimum Gasteiger partial charge on any atom is -0.407 e. The predicted octanol–water partition coefficient (Wildman–Crippen LogP) is 1.58. The van der Waals surface area contributed by atoms with E-state index in [1.807, 2.05) is 0 Å². The van der Waals surface area contributed by atoms with Crippen molar-refractivity contribution in [3.63, 3.8) is 0 Å². The van der Waals surface area contributed by atoms with Gasteiger partial charge in [-0.3, -0.25) is 4.79 Å². The maximum absolute atomic E-state index is 12.8. The van der Waals surface area contributed by atoms with E-state index in [9.17, 15) is 4.79 Å². The molecule has 2 saturated heterocycles. The van der Waals surface area contributed by atoms with E-state index >= 15 is 0 Å². The first kappa shape index (κ1) is 16.8. The Morgan fingerprint density at radius 1 is 1.22 bits per heavy atom. The van der Waals surface area contributed by atoms with E-state index in [1.165, 1.54) is 0 Å². The van der Waals surface area contributed by atoms with Gasteiger partial charge in [-0.1, -0.05) is 25.4 Å². The van der Waals surface area contributed by atoms with Gasteiger partial charge < -0.3 is 18.9 Å². The van der Waals surface area contributed by atoms with E-state index in [1.54, 1.807) is 23.1 Å². The molecule has 5 nitrogen and oxygen atoms in total. The smallest absolute Gasteiger partial charge is 0.407 e. The van der Waals surface area contributed by atoms with Gasteiger partial charge in [-0.25, -0.2) is 0 Å². The number of amides is 1. The highest BCUT2D eigenvalue weighted by Crippen LogP contribution is 2.23. The molecule has 0 aromatic heterocycles. The molecule has 2 aliphatic rings. The summed E-state index contributed by atoms with van der Waals surface area (Å²) in [5, 5.41) is 0.565. The Morgan fingerprint density at radius 3 is 2.52 bits per heavy atom. The second-order valence-corrected chi connectivity index (χ2v) is 7.19. The van der Waals surface area contributed by atoms with Gasteiger partial charge in [0.25, 0.3) is 5.91 Å². The fourth-order valence-electron chi connectivity index (χ4n) is 2.73. The van der Waals surface area contributed by atoms with Crippen LogP contribution in [0.5, 0.6) is 0 Å². The summed E-state index contributed by atoms with van der Waals surface area (Å²) in [4.78, 5) is 14.6. The third-order valence-corrected chi connectivity index (χ3v) is 4.28. The van der Waals surface area contributed by atoms with Gasteiger partial charge in [0.2, 0.25) is 0 Å². The fourth-order valence-corrected chi connectivity index (χ4v) is 2.91. The SMILES string of the molecule is CC1(C)COB(c2cc(Cl)ccc2C(=O)N2CCOCC2)OC1. The first-order valence-corrected chi connectivity index (χ1v) is 8.24. The molecule has 0 N–H and O–H groups in total. The summed E-state index contributed by atoms with van der Waals surface area (Å²) in [6.07, 6.45) is 0. The maximum atomic E-state index is 12.8. The zero-order chi connectivity index (χ0) is 16.4. The molecule has 2 fully saturated rings. The minimum atomic E-state index is -0.554. The van der Waals surface area contributed by atoms with Crippen LogP contribution in [0, 0.1) is 5.41 Å². The molecule has 0 spiro atoms. The summed E-state index contributed by atoms with van der Waals surface area (Å²) in [6, 6.07) is 5.24. The van der Waals surface area contributed by atoms with Crippen LogP contribution < -0.4 is 5.46 Å². The van der Waals surface area contributed by atoms with Crippen molar-refractivity contribution in [2.75, 3.05) is 39.5 Å². The molecule has 3 rings (SSSR count). The number of nitrogens with zero attached hydrogens (tertiary/aromatic N) is 1. The number of carbonyl (C=O) groups is 1. The van der Waals surface area contributed by atoms with Crippen molar-refractivity contribution in [1.29, 1.82) is 0 Å². The molecule has 0 unspecified atom stereocenters. The van der Waals surface area contributed by atoms with Crippen molar-refractivity contribution in [3.05, 3.63) is 28.8 Å². The Balaban J connectivity index is 1.84. The molecule has 2 aliphatic heterocycles. The second kappa shape index (κ2) is 6.81. The summed E-state index contributed by atoms with van der Waals surface area (Å²) in [5.74, 6) is -0.0306. The molecule has 1 aromatic carbocycles. The van der Waals surface area contributed by atoms with Crippen LogP contribution in [0.4, 0.5) is 0 Å². The number of hydrogen-bond acceptors (Lipinski definition) is 4. The van der Waals surface area contributed by atoms with Gasteiger partial charge in [-0.15, -0.1) is 0 Å². The van der Waals surface area contributed by atoms with Crippen LogP contribution >= 0.6 is 11.6 Å². The van der Waals surface area contributed by atoms with Crippen molar-refractivity contribution >= 4 is 30.1 Å². The first-order valence-electron chi connectivity index (χ1n) is 7.86. The molecule has 7 heteroatoms. The standard InChI is InChI=1S/C16H21BClNO4/c1-16(2)10-22-17(23-11-16)14-9-12(18)3-4-13(14)15(20)19-5-7-21-8-6-19/h3-4,9H,5-8,10-11H2,1-2H3. The zero-order valence-corrected chi connectivity index (χ0v) is 14.3. The number of hydrogen-bond donors (Lipinski definition) is 0. The molecular formula is C16H21BClNO4. The van der Waals surface area contributed by atoms with Crippen molar-refractivity contribution in [1.82, 2.24) is 4.90 Å². The third-order valence-electron chi connectivity index (χ3n) is 4.05. The van der Waals surface area contributed by atoms with Gasteiger partial charge in [0.05, 0.1) is 13.2 Å². The zero-order valence-electron chi connectivity index (χ0n) is 13.5. The van der Waals surface area contributed by atoms with Crippen LogP contribution in [-0.4, -0.2) is 57.4 Å². The largest absolute Gasteiger partial charge is 0.494 e. The van der Waals surface area contributed by atoms with Crippen molar-refractivity contribution < 1.29 is 18.8 Å². The number of rotatable bonds is 2.